The van der Waals surface area contributed by atoms with Crippen molar-refractivity contribution in [3.05, 3.63) is 48.2 Å². The van der Waals surface area contributed by atoms with E-state index in [1.54, 1.807) is 0 Å². The first-order valence-electron chi connectivity index (χ1n) is 4.16. The lowest BCUT2D eigenvalue weighted by Gasteiger charge is -2.02. The molecule has 0 radical (unpaired) electrons. The fourth-order valence-electron chi connectivity index (χ4n) is 1.01. The first-order chi connectivity index (χ1) is 5.79. The molecule has 0 saturated carbocycles. The van der Waals surface area contributed by atoms with Gasteiger partial charge in [-0.1, -0.05) is 36.4 Å². The van der Waals surface area contributed by atoms with Gasteiger partial charge in [-0.15, -0.1) is 0 Å². The predicted molar refractivity (Wildman–Crippen MR) is 53.0 cm³/mol. The molecule has 12 heavy (non-hydrogen) atoms. The van der Waals surface area contributed by atoms with Gasteiger partial charge in [-0.3, -0.25) is 0 Å². The van der Waals surface area contributed by atoms with Crippen LogP contribution in [0.1, 0.15) is 5.56 Å². The maximum absolute atomic E-state index is 2.16. The minimum atomic E-state index is 1.01. The second-order valence-electron chi connectivity index (χ2n) is 3.04. The molecule has 0 N–H and O–H groups in total. The zero-order chi connectivity index (χ0) is 8.81. The molecule has 64 valence electrons. The molecule has 1 nitrogen and oxygen atoms in total. The maximum Gasteiger partial charge on any atom is 0.00555 e. The van der Waals surface area contributed by atoms with E-state index in [9.17, 15) is 0 Å². The number of hydrogen-bond donors (Lipinski definition) is 0. The predicted octanol–water partition coefficient (Wildman–Crippen LogP) is 2.30. The Hall–Kier alpha value is -1.24. The molecule has 0 aliphatic rings. The van der Waals surface area contributed by atoms with E-state index >= 15 is 0 Å². The zero-order valence-corrected chi connectivity index (χ0v) is 7.70. The maximum atomic E-state index is 2.16. The van der Waals surface area contributed by atoms with Crippen molar-refractivity contribution >= 4 is 0 Å². The molecular formula is C11H15N. The lowest BCUT2D eigenvalue weighted by Crippen LogP contribution is -2.00. The third-order valence-electron chi connectivity index (χ3n) is 1.60. The van der Waals surface area contributed by atoms with E-state index in [4.69, 9.17) is 0 Å². The van der Waals surface area contributed by atoms with Gasteiger partial charge in [0.15, 0.2) is 0 Å². The van der Waals surface area contributed by atoms with Gasteiger partial charge in [0, 0.05) is 14.1 Å². The fourth-order valence-corrected chi connectivity index (χ4v) is 1.01. The van der Waals surface area contributed by atoms with Gasteiger partial charge >= 0.3 is 0 Å². The standard InChI is InChI=1S/C11H15N/c1-12(2)10-6-9-11-7-4-3-5-8-11/h3-8,10H,9H2,1-2H3. The van der Waals surface area contributed by atoms with Crippen molar-refractivity contribution in [1.29, 1.82) is 0 Å². The average molecular weight is 161 g/mol. The monoisotopic (exact) mass is 161 g/mol. The summed E-state index contributed by atoms with van der Waals surface area (Å²) in [7, 11) is 4.06. The van der Waals surface area contributed by atoms with Gasteiger partial charge in [0.05, 0.1) is 0 Å². The second kappa shape index (κ2) is 4.60. The fraction of sp³-hybridized carbons (Fsp3) is 0.273. The van der Waals surface area contributed by atoms with Gasteiger partial charge in [-0.05, 0) is 18.2 Å². The van der Waals surface area contributed by atoms with Crippen LogP contribution in [-0.4, -0.2) is 19.0 Å². The number of hydrogen-bond acceptors (Lipinski definition) is 1. The van der Waals surface area contributed by atoms with Crippen LogP contribution in [0.25, 0.3) is 0 Å². The normalized spacial score (nSPS) is 10.5. The molecule has 0 aliphatic carbocycles. The Morgan fingerprint density at radius 2 is 1.83 bits per heavy atom. The van der Waals surface area contributed by atoms with Crippen molar-refractivity contribution < 1.29 is 0 Å². The van der Waals surface area contributed by atoms with Crippen molar-refractivity contribution in [2.24, 2.45) is 0 Å². The summed E-state index contributed by atoms with van der Waals surface area (Å²) in [6.07, 6.45) is 5.25. The highest BCUT2D eigenvalue weighted by atomic mass is 15.0. The first-order valence-corrected chi connectivity index (χ1v) is 4.16. The molecule has 0 aromatic heterocycles. The van der Waals surface area contributed by atoms with Gasteiger partial charge in [-0.2, -0.15) is 0 Å². The zero-order valence-electron chi connectivity index (χ0n) is 7.70. The Labute approximate surface area is 74.3 Å². The average Bonchev–Trinajstić information content (AvgIpc) is 2.05. The molecule has 0 heterocycles. The van der Waals surface area contributed by atoms with Crippen molar-refractivity contribution in [1.82, 2.24) is 4.90 Å². The van der Waals surface area contributed by atoms with E-state index in [-0.39, 0.29) is 0 Å². The first kappa shape index (κ1) is 8.85. The molecule has 0 aliphatic heterocycles. The van der Waals surface area contributed by atoms with Gasteiger partial charge in [0.2, 0.25) is 0 Å². The smallest absolute Gasteiger partial charge is 0.00555 e. The van der Waals surface area contributed by atoms with Gasteiger partial charge < -0.3 is 4.90 Å². The van der Waals surface area contributed by atoms with Gasteiger partial charge in [0.25, 0.3) is 0 Å². The van der Waals surface area contributed by atoms with Crippen LogP contribution in [0.4, 0.5) is 0 Å². The molecule has 0 saturated heterocycles. The molecule has 1 heteroatoms. The number of allylic oxidation sites excluding steroid dienone is 1. The van der Waals surface area contributed by atoms with Crippen LogP contribution >= 0.6 is 0 Å². The number of rotatable bonds is 3. The summed E-state index contributed by atoms with van der Waals surface area (Å²) in [5, 5.41) is 0. The Morgan fingerprint density at radius 1 is 1.17 bits per heavy atom. The Morgan fingerprint density at radius 3 is 2.42 bits per heavy atom. The van der Waals surface area contributed by atoms with Gasteiger partial charge in [-0.25, -0.2) is 0 Å². The van der Waals surface area contributed by atoms with Crippen LogP contribution in [-0.2, 0) is 6.42 Å². The minimum absolute atomic E-state index is 1.01. The largest absolute Gasteiger partial charge is 0.384 e. The summed E-state index contributed by atoms with van der Waals surface area (Å²) >= 11 is 0. The van der Waals surface area contributed by atoms with Crippen LogP contribution in [0, 0.1) is 0 Å². The lowest BCUT2D eigenvalue weighted by molar-refractivity contribution is 0.562. The van der Waals surface area contributed by atoms with Crippen molar-refractivity contribution in [3.63, 3.8) is 0 Å². The summed E-state index contributed by atoms with van der Waals surface area (Å²) in [6, 6.07) is 10.5. The van der Waals surface area contributed by atoms with E-state index in [0.717, 1.165) is 6.42 Å². The van der Waals surface area contributed by atoms with E-state index in [1.807, 2.05) is 25.1 Å². The van der Waals surface area contributed by atoms with Crippen molar-refractivity contribution in [2.75, 3.05) is 14.1 Å². The topological polar surface area (TPSA) is 3.24 Å². The summed E-state index contributed by atoms with van der Waals surface area (Å²) in [6.45, 7) is 0. The summed E-state index contributed by atoms with van der Waals surface area (Å²) in [5.41, 5.74) is 1.36. The van der Waals surface area contributed by atoms with Crippen molar-refractivity contribution in [2.45, 2.75) is 6.42 Å². The van der Waals surface area contributed by atoms with Crippen LogP contribution in [0.2, 0.25) is 0 Å². The summed E-state index contributed by atoms with van der Waals surface area (Å²) < 4.78 is 0. The van der Waals surface area contributed by atoms with E-state index < -0.39 is 0 Å². The minimum Gasteiger partial charge on any atom is -0.384 e. The van der Waals surface area contributed by atoms with Crippen LogP contribution in [0.5, 0.6) is 0 Å². The van der Waals surface area contributed by atoms with E-state index in [0.29, 0.717) is 0 Å². The van der Waals surface area contributed by atoms with E-state index in [2.05, 4.69) is 36.5 Å². The molecule has 0 spiro atoms. The van der Waals surface area contributed by atoms with Crippen LogP contribution in [0.3, 0.4) is 0 Å². The third kappa shape index (κ3) is 3.24. The van der Waals surface area contributed by atoms with Gasteiger partial charge in [0.1, 0.15) is 0 Å². The number of benzene rings is 1. The van der Waals surface area contributed by atoms with Crippen molar-refractivity contribution in [3.8, 4) is 0 Å². The molecule has 0 bridgehead atoms. The second-order valence-corrected chi connectivity index (χ2v) is 3.04. The SMILES string of the molecule is CN(C)C=CCc1ccccc1. The Kier molecular flexibility index (Phi) is 3.39. The number of nitrogens with zero attached hydrogens (tertiary/aromatic N) is 1. The quantitative estimate of drug-likeness (QED) is 0.657. The molecule has 0 fully saturated rings. The summed E-state index contributed by atoms with van der Waals surface area (Å²) in [4.78, 5) is 2.04. The van der Waals surface area contributed by atoms with E-state index in [1.165, 1.54) is 5.56 Å². The molecular weight excluding hydrogens is 146 g/mol. The highest BCUT2D eigenvalue weighted by Crippen LogP contribution is 1.99. The molecule has 1 aromatic rings. The highest BCUT2D eigenvalue weighted by Gasteiger charge is 1.85. The lowest BCUT2D eigenvalue weighted by atomic mass is 10.1. The molecule has 1 aromatic carbocycles. The highest BCUT2D eigenvalue weighted by molar-refractivity contribution is 5.17. The van der Waals surface area contributed by atoms with Crippen LogP contribution in [0.15, 0.2) is 42.6 Å². The Bertz CT molecular complexity index is 236. The molecule has 1 rings (SSSR count). The molecule has 0 atom stereocenters. The molecule has 0 amide bonds. The Balaban J connectivity index is 2.43. The van der Waals surface area contributed by atoms with Crippen LogP contribution < -0.4 is 0 Å². The molecule has 0 unspecified atom stereocenters. The third-order valence-corrected chi connectivity index (χ3v) is 1.60. The summed E-state index contributed by atoms with van der Waals surface area (Å²) in [5.74, 6) is 0.